The lowest BCUT2D eigenvalue weighted by molar-refractivity contribution is 0.0950. The van der Waals surface area contributed by atoms with Crippen LogP contribution < -0.4 is 11.1 Å². The number of hydrogen-bond donors (Lipinski definition) is 6. The van der Waals surface area contributed by atoms with Crippen LogP contribution >= 0.6 is 15.2 Å². The van der Waals surface area contributed by atoms with Gasteiger partial charge < -0.3 is 30.6 Å². The molecule has 0 spiro atoms. The lowest BCUT2D eigenvalue weighted by atomic mass is 10.1. The Morgan fingerprint density at radius 3 is 1.96 bits per heavy atom. The molecule has 0 saturated carbocycles. The molecule has 0 atom stereocenters. The molecule has 0 heterocycles. The van der Waals surface area contributed by atoms with Gasteiger partial charge in [0.2, 0.25) is 0 Å². The van der Waals surface area contributed by atoms with Crippen molar-refractivity contribution >= 4 is 21.1 Å². The summed E-state index contributed by atoms with van der Waals surface area (Å²) in [5, 5.41) is 2.52. The first-order chi connectivity index (χ1) is 11.0. The van der Waals surface area contributed by atoms with Gasteiger partial charge in [-0.1, -0.05) is 12.1 Å². The normalized spacial score (nSPS) is 12.4. The summed E-state index contributed by atoms with van der Waals surface area (Å²) >= 11 is 0. The highest BCUT2D eigenvalue weighted by Gasteiger charge is 2.25. The van der Waals surface area contributed by atoms with Crippen molar-refractivity contribution in [3.8, 4) is 0 Å². The minimum Gasteiger partial charge on any atom is -0.351 e. The second-order valence-electron chi connectivity index (χ2n) is 5.16. The summed E-state index contributed by atoms with van der Waals surface area (Å²) in [4.78, 5) is 48.6. The SMILES string of the molecule is NCc1ccc(C(=O)NCCN(CP(=O)(O)O)CP(=O)(O)O)cc1. The van der Waals surface area contributed by atoms with E-state index in [1.54, 1.807) is 24.3 Å². The zero-order chi connectivity index (χ0) is 18.4. The Labute approximate surface area is 139 Å². The highest BCUT2D eigenvalue weighted by atomic mass is 31.2. The highest BCUT2D eigenvalue weighted by Crippen LogP contribution is 2.40. The fourth-order valence-corrected chi connectivity index (χ4v) is 3.61. The van der Waals surface area contributed by atoms with Gasteiger partial charge in [-0.25, -0.2) is 0 Å². The molecule has 12 heteroatoms. The molecule has 0 bridgehead atoms. The smallest absolute Gasteiger partial charge is 0.339 e. The van der Waals surface area contributed by atoms with E-state index in [1.165, 1.54) is 0 Å². The maximum absolute atomic E-state index is 11.9. The van der Waals surface area contributed by atoms with Crippen LogP contribution in [-0.2, 0) is 15.7 Å². The van der Waals surface area contributed by atoms with Crippen molar-refractivity contribution in [2.24, 2.45) is 5.73 Å². The Bertz CT molecular complexity index is 617. The monoisotopic (exact) mass is 381 g/mol. The average molecular weight is 381 g/mol. The number of nitrogens with zero attached hydrogens (tertiary/aromatic N) is 1. The maximum Gasteiger partial charge on any atom is 0.339 e. The van der Waals surface area contributed by atoms with Crippen molar-refractivity contribution in [1.29, 1.82) is 0 Å². The van der Waals surface area contributed by atoms with E-state index in [0.29, 0.717) is 12.1 Å². The highest BCUT2D eigenvalue weighted by molar-refractivity contribution is 7.52. The van der Waals surface area contributed by atoms with Crippen LogP contribution in [0.4, 0.5) is 0 Å². The number of amides is 1. The number of nitrogens with one attached hydrogen (secondary N) is 1. The van der Waals surface area contributed by atoms with Crippen LogP contribution in [0.2, 0.25) is 0 Å². The molecule has 1 amide bonds. The maximum atomic E-state index is 11.9. The molecule has 0 aliphatic heterocycles. The first-order valence-corrected chi connectivity index (χ1v) is 10.5. The van der Waals surface area contributed by atoms with E-state index in [2.05, 4.69) is 5.32 Å². The van der Waals surface area contributed by atoms with Gasteiger partial charge in [-0.2, -0.15) is 0 Å². The molecular formula is C12H21N3O7P2. The van der Waals surface area contributed by atoms with E-state index in [1.807, 2.05) is 0 Å². The second-order valence-corrected chi connectivity index (χ2v) is 8.39. The lowest BCUT2D eigenvalue weighted by Gasteiger charge is -2.23. The Morgan fingerprint density at radius 2 is 1.54 bits per heavy atom. The first kappa shape index (κ1) is 21.0. The van der Waals surface area contributed by atoms with Crippen LogP contribution in [-0.4, -0.2) is 56.0 Å². The third-order valence-electron chi connectivity index (χ3n) is 2.93. The molecule has 1 rings (SSSR count). The fourth-order valence-electron chi connectivity index (χ4n) is 1.93. The minimum atomic E-state index is -4.48. The van der Waals surface area contributed by atoms with Crippen LogP contribution in [0.25, 0.3) is 0 Å². The van der Waals surface area contributed by atoms with Crippen molar-refractivity contribution in [2.75, 3.05) is 25.7 Å². The van der Waals surface area contributed by atoms with E-state index in [9.17, 15) is 13.9 Å². The van der Waals surface area contributed by atoms with Crippen molar-refractivity contribution in [3.05, 3.63) is 35.4 Å². The molecule has 1 aromatic carbocycles. The van der Waals surface area contributed by atoms with Crippen LogP contribution in [0.3, 0.4) is 0 Å². The van der Waals surface area contributed by atoms with Gasteiger partial charge in [-0.15, -0.1) is 0 Å². The van der Waals surface area contributed by atoms with Crippen LogP contribution in [0.1, 0.15) is 15.9 Å². The van der Waals surface area contributed by atoms with E-state index in [0.717, 1.165) is 10.5 Å². The van der Waals surface area contributed by atoms with Crippen LogP contribution in [0.15, 0.2) is 24.3 Å². The van der Waals surface area contributed by atoms with Gasteiger partial charge in [-0.05, 0) is 17.7 Å². The van der Waals surface area contributed by atoms with Gasteiger partial charge in [0.25, 0.3) is 5.91 Å². The molecule has 0 saturated heterocycles. The first-order valence-electron chi connectivity index (χ1n) is 6.89. The Kier molecular flexibility index (Phi) is 7.72. The van der Waals surface area contributed by atoms with Gasteiger partial charge in [0.1, 0.15) is 12.6 Å². The quantitative estimate of drug-likeness (QED) is 0.307. The largest absolute Gasteiger partial charge is 0.351 e. The van der Waals surface area contributed by atoms with Gasteiger partial charge in [0.05, 0.1) is 0 Å². The standard InChI is InChI=1S/C12H21N3O7P2/c13-7-10-1-3-11(4-2-10)12(16)14-5-6-15(8-23(17,18)19)9-24(20,21)22/h1-4H,5-9,13H2,(H,14,16)(H2,17,18,19)(H2,20,21,22). The van der Waals surface area contributed by atoms with Crippen LogP contribution in [0.5, 0.6) is 0 Å². The zero-order valence-corrected chi connectivity index (χ0v) is 14.6. The zero-order valence-electron chi connectivity index (χ0n) is 12.8. The van der Waals surface area contributed by atoms with Gasteiger partial charge in [-0.3, -0.25) is 18.8 Å². The summed E-state index contributed by atoms with van der Waals surface area (Å²) in [6, 6.07) is 6.56. The number of carbonyl (C=O) groups is 1. The molecule has 24 heavy (non-hydrogen) atoms. The number of benzene rings is 1. The van der Waals surface area contributed by atoms with Gasteiger partial charge in [0, 0.05) is 25.2 Å². The third-order valence-corrected chi connectivity index (χ3v) is 4.47. The third kappa shape index (κ3) is 8.68. The summed E-state index contributed by atoms with van der Waals surface area (Å²) in [6.07, 6.45) is -1.61. The number of hydrogen-bond acceptors (Lipinski definition) is 5. The van der Waals surface area contributed by atoms with Gasteiger partial charge >= 0.3 is 15.2 Å². The minimum absolute atomic E-state index is 0.0303. The number of nitrogens with two attached hydrogens (primary N) is 1. The molecule has 0 aliphatic rings. The molecule has 0 fully saturated rings. The molecule has 0 unspecified atom stereocenters. The van der Waals surface area contributed by atoms with Crippen molar-refractivity contribution in [1.82, 2.24) is 10.2 Å². The summed E-state index contributed by atoms with van der Waals surface area (Å²) in [6.45, 7) is 0.196. The van der Waals surface area contributed by atoms with Crippen molar-refractivity contribution in [2.45, 2.75) is 6.54 Å². The Hall–Kier alpha value is -1.09. The van der Waals surface area contributed by atoms with E-state index < -0.39 is 33.7 Å². The molecule has 7 N–H and O–H groups in total. The molecular weight excluding hydrogens is 360 g/mol. The topological polar surface area (TPSA) is 173 Å². The molecule has 0 aromatic heterocycles. The van der Waals surface area contributed by atoms with Crippen LogP contribution in [0, 0.1) is 0 Å². The summed E-state index contributed by atoms with van der Waals surface area (Å²) in [7, 11) is -8.96. The molecule has 136 valence electrons. The number of rotatable bonds is 9. The second kappa shape index (κ2) is 8.84. The number of carbonyl (C=O) groups excluding carboxylic acids is 1. The Morgan fingerprint density at radius 1 is 1.04 bits per heavy atom. The predicted octanol–water partition coefficient (Wildman–Crippen LogP) is -0.552. The summed E-state index contributed by atoms with van der Waals surface area (Å²) in [5.74, 6) is -0.411. The fraction of sp³-hybridized carbons (Fsp3) is 0.417. The van der Waals surface area contributed by atoms with Crippen molar-refractivity contribution < 1.29 is 33.5 Å². The average Bonchev–Trinajstić information content (AvgIpc) is 2.43. The predicted molar refractivity (Wildman–Crippen MR) is 87.2 cm³/mol. The van der Waals surface area contributed by atoms with E-state index in [4.69, 9.17) is 25.3 Å². The van der Waals surface area contributed by atoms with Gasteiger partial charge in [0.15, 0.2) is 0 Å². The summed E-state index contributed by atoms with van der Waals surface area (Å²) in [5.41, 5.74) is 6.70. The Balaban J connectivity index is 2.57. The van der Waals surface area contributed by atoms with Crippen molar-refractivity contribution in [3.63, 3.8) is 0 Å². The molecule has 10 nitrogen and oxygen atoms in total. The molecule has 0 aliphatic carbocycles. The van der Waals surface area contributed by atoms with E-state index in [-0.39, 0.29) is 13.1 Å². The van der Waals surface area contributed by atoms with E-state index >= 15 is 0 Å². The summed E-state index contributed by atoms with van der Waals surface area (Å²) < 4.78 is 22.0. The molecule has 0 radical (unpaired) electrons. The molecule has 1 aromatic rings. The lowest BCUT2D eigenvalue weighted by Crippen LogP contribution is -2.36.